The number of H-pyrrole nitrogens is 1. The van der Waals surface area contributed by atoms with Gasteiger partial charge in [-0.3, -0.25) is 4.79 Å². The molecule has 0 fully saturated rings. The van der Waals surface area contributed by atoms with Gasteiger partial charge in [0.1, 0.15) is 5.82 Å². The SMILES string of the molecule is C[n+]1c(SCC(=O)Nc2ccccc2F)[nH]c2ccccc21. The third kappa shape index (κ3) is 2.96. The van der Waals surface area contributed by atoms with Gasteiger partial charge in [0.25, 0.3) is 0 Å². The largest absolute Gasteiger partial charge is 0.323 e. The van der Waals surface area contributed by atoms with Gasteiger partial charge in [0.2, 0.25) is 5.91 Å². The Hall–Kier alpha value is -2.34. The predicted molar refractivity (Wildman–Crippen MR) is 85.2 cm³/mol. The summed E-state index contributed by atoms with van der Waals surface area (Å²) >= 11 is 1.38. The third-order valence-corrected chi connectivity index (χ3v) is 4.36. The standard InChI is InChI=1S/C16H14FN3OS/c1-20-14-9-5-4-8-13(14)19-16(20)22-10-15(21)18-12-7-3-2-6-11(12)17/h2-9H,10H2,1H3,(H,18,21)/p+1. The number of amides is 1. The van der Waals surface area contributed by atoms with Gasteiger partial charge < -0.3 is 5.32 Å². The van der Waals surface area contributed by atoms with Crippen molar-refractivity contribution in [3.05, 3.63) is 54.3 Å². The molecule has 3 aromatic rings. The summed E-state index contributed by atoms with van der Waals surface area (Å²) in [5, 5.41) is 3.46. The number of halogens is 1. The molecule has 0 unspecified atom stereocenters. The van der Waals surface area contributed by atoms with Gasteiger partial charge in [0, 0.05) is 0 Å². The van der Waals surface area contributed by atoms with Gasteiger partial charge in [-0.05, 0) is 36.0 Å². The monoisotopic (exact) mass is 316 g/mol. The van der Waals surface area contributed by atoms with Crippen LogP contribution in [0.4, 0.5) is 10.1 Å². The van der Waals surface area contributed by atoms with Crippen LogP contribution in [0, 0.1) is 5.82 Å². The van der Waals surface area contributed by atoms with E-state index in [1.54, 1.807) is 18.2 Å². The maximum absolute atomic E-state index is 13.5. The fourth-order valence-electron chi connectivity index (χ4n) is 2.20. The molecule has 0 aliphatic heterocycles. The fourth-order valence-corrected chi connectivity index (χ4v) is 3.01. The molecule has 0 aliphatic carbocycles. The minimum absolute atomic E-state index is 0.203. The van der Waals surface area contributed by atoms with E-state index < -0.39 is 5.82 Å². The molecule has 1 amide bonds. The number of anilines is 1. The molecule has 2 N–H and O–H groups in total. The summed E-state index contributed by atoms with van der Waals surface area (Å²) in [4.78, 5) is 15.2. The lowest BCUT2D eigenvalue weighted by Crippen LogP contribution is -2.29. The molecule has 0 saturated carbocycles. The molecule has 0 saturated heterocycles. The van der Waals surface area contributed by atoms with Gasteiger partial charge in [0.15, 0.2) is 11.0 Å². The maximum atomic E-state index is 13.5. The Morgan fingerprint density at radius 1 is 1.23 bits per heavy atom. The minimum Gasteiger partial charge on any atom is -0.323 e. The van der Waals surface area contributed by atoms with Gasteiger partial charge in [-0.15, -0.1) is 0 Å². The van der Waals surface area contributed by atoms with Crippen molar-refractivity contribution >= 4 is 34.4 Å². The Balaban J connectivity index is 1.68. The molecule has 3 rings (SSSR count). The zero-order chi connectivity index (χ0) is 15.5. The fraction of sp³-hybridized carbons (Fsp3) is 0.125. The summed E-state index contributed by atoms with van der Waals surface area (Å²) < 4.78 is 15.5. The van der Waals surface area contributed by atoms with Crippen molar-refractivity contribution in [2.75, 3.05) is 11.1 Å². The first-order valence-corrected chi connectivity index (χ1v) is 7.77. The molecule has 0 atom stereocenters. The summed E-state index contributed by atoms with van der Waals surface area (Å²) in [6, 6.07) is 14.1. The van der Waals surface area contributed by atoms with E-state index in [-0.39, 0.29) is 17.3 Å². The lowest BCUT2D eigenvalue weighted by atomic mass is 10.3. The third-order valence-electron chi connectivity index (χ3n) is 3.30. The molecule has 1 aromatic heterocycles. The molecular formula is C16H15FN3OS+. The molecule has 22 heavy (non-hydrogen) atoms. The van der Waals surface area contributed by atoms with Crippen molar-refractivity contribution in [1.29, 1.82) is 0 Å². The number of nitrogens with zero attached hydrogens (tertiary/aromatic N) is 1. The smallest absolute Gasteiger partial charge is 0.317 e. The quantitative estimate of drug-likeness (QED) is 0.574. The van der Waals surface area contributed by atoms with Crippen LogP contribution in [0.1, 0.15) is 0 Å². The van der Waals surface area contributed by atoms with Crippen LogP contribution in [-0.4, -0.2) is 16.6 Å². The van der Waals surface area contributed by atoms with Crippen molar-refractivity contribution in [3.63, 3.8) is 0 Å². The number of aryl methyl sites for hydroxylation is 1. The second-order valence-electron chi connectivity index (χ2n) is 4.82. The summed E-state index contributed by atoms with van der Waals surface area (Å²) in [5.74, 6) is -0.472. The molecule has 0 radical (unpaired) electrons. The van der Waals surface area contributed by atoms with E-state index in [1.807, 2.05) is 35.9 Å². The Bertz CT molecular complexity index is 831. The van der Waals surface area contributed by atoms with E-state index in [2.05, 4.69) is 10.3 Å². The van der Waals surface area contributed by atoms with Gasteiger partial charge >= 0.3 is 5.16 Å². The average Bonchev–Trinajstić information content (AvgIpc) is 2.84. The molecular weight excluding hydrogens is 301 g/mol. The molecule has 1 heterocycles. The number of benzene rings is 2. The number of thioether (sulfide) groups is 1. The van der Waals surface area contributed by atoms with Gasteiger partial charge in [-0.2, -0.15) is 0 Å². The second kappa shape index (κ2) is 6.19. The van der Waals surface area contributed by atoms with Gasteiger partial charge in [-0.25, -0.2) is 13.9 Å². The molecule has 2 aromatic carbocycles. The number of aromatic nitrogens is 2. The number of rotatable bonds is 4. The number of aromatic amines is 1. The zero-order valence-electron chi connectivity index (χ0n) is 12.0. The van der Waals surface area contributed by atoms with E-state index >= 15 is 0 Å². The normalized spacial score (nSPS) is 10.8. The van der Waals surface area contributed by atoms with Crippen molar-refractivity contribution < 1.29 is 13.8 Å². The van der Waals surface area contributed by atoms with Crippen LogP contribution in [0.15, 0.2) is 53.7 Å². The lowest BCUT2D eigenvalue weighted by Gasteiger charge is -2.04. The Labute approximate surface area is 131 Å². The molecule has 0 aliphatic rings. The van der Waals surface area contributed by atoms with Crippen LogP contribution in [0.2, 0.25) is 0 Å². The van der Waals surface area contributed by atoms with E-state index in [4.69, 9.17) is 0 Å². The number of imidazole rings is 1. The highest BCUT2D eigenvalue weighted by molar-refractivity contribution is 7.99. The van der Waals surface area contributed by atoms with Crippen molar-refractivity contribution in [1.82, 2.24) is 4.98 Å². The van der Waals surface area contributed by atoms with Crippen LogP contribution in [0.25, 0.3) is 11.0 Å². The Morgan fingerprint density at radius 3 is 2.73 bits per heavy atom. The number of fused-ring (bicyclic) bond motifs is 1. The highest BCUT2D eigenvalue weighted by Gasteiger charge is 2.17. The Kier molecular flexibility index (Phi) is 4.11. The summed E-state index contributed by atoms with van der Waals surface area (Å²) in [6.45, 7) is 0. The number of hydrogen-bond acceptors (Lipinski definition) is 2. The van der Waals surface area contributed by atoms with E-state index in [0.29, 0.717) is 0 Å². The Morgan fingerprint density at radius 2 is 1.95 bits per heavy atom. The summed E-state index contributed by atoms with van der Waals surface area (Å²) in [6.07, 6.45) is 0. The first kappa shape index (κ1) is 14.6. The van der Waals surface area contributed by atoms with Crippen molar-refractivity contribution in [2.24, 2.45) is 7.05 Å². The molecule has 4 nitrogen and oxygen atoms in total. The first-order valence-electron chi connectivity index (χ1n) is 6.79. The first-order chi connectivity index (χ1) is 10.6. The molecule has 6 heteroatoms. The number of carbonyl (C=O) groups is 1. The highest BCUT2D eigenvalue weighted by atomic mass is 32.2. The van der Waals surface area contributed by atoms with Crippen molar-refractivity contribution in [2.45, 2.75) is 5.16 Å². The molecule has 112 valence electrons. The number of para-hydroxylation sites is 3. The van der Waals surface area contributed by atoms with E-state index in [1.165, 1.54) is 17.8 Å². The number of hydrogen-bond donors (Lipinski definition) is 2. The van der Waals surface area contributed by atoms with Crippen LogP contribution in [-0.2, 0) is 11.8 Å². The maximum Gasteiger partial charge on any atom is 0.317 e. The van der Waals surface area contributed by atoms with E-state index in [9.17, 15) is 9.18 Å². The highest BCUT2D eigenvalue weighted by Crippen LogP contribution is 2.18. The van der Waals surface area contributed by atoms with E-state index in [0.717, 1.165) is 16.2 Å². The van der Waals surface area contributed by atoms with Crippen LogP contribution < -0.4 is 9.88 Å². The van der Waals surface area contributed by atoms with Crippen LogP contribution in [0.5, 0.6) is 0 Å². The van der Waals surface area contributed by atoms with Crippen LogP contribution >= 0.6 is 11.8 Å². The van der Waals surface area contributed by atoms with Gasteiger partial charge in [0.05, 0.1) is 18.5 Å². The molecule has 0 spiro atoms. The minimum atomic E-state index is -0.433. The average molecular weight is 316 g/mol. The number of nitrogens with one attached hydrogen (secondary N) is 2. The predicted octanol–water partition coefficient (Wildman–Crippen LogP) is 2.86. The summed E-state index contributed by atoms with van der Waals surface area (Å²) in [5.41, 5.74) is 2.29. The summed E-state index contributed by atoms with van der Waals surface area (Å²) in [7, 11) is 1.94. The number of carbonyl (C=O) groups excluding carboxylic acids is 1. The van der Waals surface area contributed by atoms with Crippen LogP contribution in [0.3, 0.4) is 0 Å². The lowest BCUT2D eigenvalue weighted by molar-refractivity contribution is -0.683. The molecule has 0 bridgehead atoms. The van der Waals surface area contributed by atoms with Gasteiger partial charge in [-0.1, -0.05) is 24.3 Å². The zero-order valence-corrected chi connectivity index (χ0v) is 12.8. The topological polar surface area (TPSA) is 48.8 Å². The second-order valence-corrected chi connectivity index (χ2v) is 5.79. The van der Waals surface area contributed by atoms with Crippen molar-refractivity contribution in [3.8, 4) is 0 Å².